The molecule has 1 nitrogen and oxygen atoms in total. The van der Waals surface area contributed by atoms with Crippen LogP contribution in [-0.2, 0) is 10.7 Å². The standard InChI is InChI=1S/C6H5O.4CH3.2BrH.Co/c7-5-6-3-1-2-4-6;;;;;;;/h1-3H,4H2;4*1H3;2*1H;/q;;;;;;;+2/p-2. The monoisotopic (exact) mass is 370 g/mol. The van der Waals surface area contributed by atoms with Crippen LogP contribution in [0.2, 0.25) is 23.4 Å². The van der Waals surface area contributed by atoms with E-state index < -0.39 is 5.91 Å². The van der Waals surface area contributed by atoms with Crippen molar-refractivity contribution < 1.29 is 10.7 Å². The number of rotatable bonds is 2. The van der Waals surface area contributed by atoms with Crippen molar-refractivity contribution in [3.05, 3.63) is 23.8 Å². The van der Waals surface area contributed by atoms with Crippen LogP contribution in [-0.4, -0.2) is 4.72 Å². The van der Waals surface area contributed by atoms with Crippen LogP contribution in [0, 0.1) is 0 Å². The van der Waals surface area contributed by atoms with E-state index in [4.69, 9.17) is 0 Å². The van der Waals surface area contributed by atoms with Crippen molar-refractivity contribution in [2.24, 2.45) is 0 Å². The first-order valence-corrected chi connectivity index (χ1v) is 13.8. The second-order valence-electron chi connectivity index (χ2n) is 5.43. The number of halogens is 2. The van der Waals surface area contributed by atoms with Gasteiger partial charge in [-0.1, -0.05) is 0 Å². The first kappa shape index (κ1) is 12.7. The molecule has 0 aliphatic heterocycles. The van der Waals surface area contributed by atoms with E-state index in [-0.39, 0.29) is 4.72 Å². The van der Waals surface area contributed by atoms with Crippen molar-refractivity contribution in [1.82, 2.24) is 0 Å². The van der Waals surface area contributed by atoms with Gasteiger partial charge in [-0.2, -0.15) is 0 Å². The third-order valence-corrected chi connectivity index (χ3v) is 6.29. The van der Waals surface area contributed by atoms with Gasteiger partial charge in [0, 0.05) is 0 Å². The van der Waals surface area contributed by atoms with Gasteiger partial charge in [0.25, 0.3) is 0 Å². The van der Waals surface area contributed by atoms with Crippen molar-refractivity contribution in [3.63, 3.8) is 0 Å². The van der Waals surface area contributed by atoms with Crippen LogP contribution >= 0.6 is 28.3 Å². The molecule has 0 aromatic rings. The summed E-state index contributed by atoms with van der Waals surface area (Å²) in [4.78, 5) is 12.5. The Balaban J connectivity index is 3.28. The molecule has 0 saturated heterocycles. The van der Waals surface area contributed by atoms with E-state index in [2.05, 4.69) is 28.3 Å². The summed E-state index contributed by atoms with van der Waals surface area (Å²) in [6, 6.07) is 0. The Morgan fingerprint density at radius 3 is 2.07 bits per heavy atom. The predicted octanol–water partition coefficient (Wildman–Crippen LogP) is 4.97. The molecule has 0 bridgehead atoms. The summed E-state index contributed by atoms with van der Waals surface area (Å²) in [5.74, 6) is 4.27. The van der Waals surface area contributed by atoms with Crippen LogP contribution in [0.25, 0.3) is 0 Å². The topological polar surface area (TPSA) is 17.1 Å². The molecular formula is C10H17Br2CoO. The number of hydrogen-bond acceptors (Lipinski definition) is 1. The summed E-state index contributed by atoms with van der Waals surface area (Å²) in [5, 5.41) is 0. The third-order valence-electron chi connectivity index (χ3n) is 1.73. The molecule has 0 radical (unpaired) electrons. The SMILES string of the molecule is [CH3][Co]([CH3])([CH3])([CH3])([Br])([Br])[C](=O)C1=CC=CC1. The second kappa shape index (κ2) is 2.17. The number of carbonyl (C=O) groups excluding carboxylic acids is 1. The molecule has 0 N–H and O–H groups in total. The molecule has 0 unspecified atom stereocenters. The van der Waals surface area contributed by atoms with Gasteiger partial charge in [-0.3, -0.25) is 0 Å². The molecule has 0 fully saturated rings. The summed E-state index contributed by atoms with van der Waals surface area (Å²) >= 11 is 7.40. The number of allylic oxidation sites excluding steroid dienone is 4. The molecule has 4 heteroatoms. The molecule has 0 aromatic heterocycles. The van der Waals surface area contributed by atoms with Crippen LogP contribution < -0.4 is 0 Å². The molecule has 1 rings (SSSR count). The fraction of sp³-hybridized carbons (Fsp3) is 0.500. The molecule has 1 aliphatic rings. The van der Waals surface area contributed by atoms with Gasteiger partial charge in [0.2, 0.25) is 0 Å². The fourth-order valence-corrected chi connectivity index (χ4v) is 4.28. The predicted molar refractivity (Wildman–Crippen MR) is 68.2 cm³/mol. The molecule has 0 saturated carbocycles. The summed E-state index contributed by atoms with van der Waals surface area (Å²) in [6.07, 6.45) is 6.58. The average molecular weight is 372 g/mol. The molecule has 0 atom stereocenters. The quantitative estimate of drug-likeness (QED) is 0.669. The molecule has 1 aliphatic carbocycles. The van der Waals surface area contributed by atoms with Crippen molar-refractivity contribution in [2.75, 3.05) is 0 Å². The fourth-order valence-electron chi connectivity index (χ4n) is 1.09. The third kappa shape index (κ3) is 3.05. The van der Waals surface area contributed by atoms with E-state index >= 15 is 0 Å². The summed E-state index contributed by atoms with van der Waals surface area (Å²) < 4.78 is 0.185. The van der Waals surface area contributed by atoms with E-state index in [1.165, 1.54) is 0 Å². The molecule has 0 amide bonds. The van der Waals surface area contributed by atoms with Crippen LogP contribution in [0.15, 0.2) is 23.8 Å². The van der Waals surface area contributed by atoms with Gasteiger partial charge in [0.15, 0.2) is 0 Å². The Morgan fingerprint density at radius 1 is 1.29 bits per heavy atom. The minimum atomic E-state index is -3.66. The van der Waals surface area contributed by atoms with E-state index in [9.17, 15) is 4.79 Å². The Labute approximate surface area is 96.8 Å². The van der Waals surface area contributed by atoms with Crippen molar-refractivity contribution in [3.8, 4) is 0 Å². The van der Waals surface area contributed by atoms with Crippen LogP contribution in [0.3, 0.4) is 0 Å². The molecule has 0 aromatic carbocycles. The first-order valence-electron chi connectivity index (χ1n) is 3.92. The molecule has 0 heterocycles. The van der Waals surface area contributed by atoms with Gasteiger partial charge >= 0.3 is 97.4 Å². The van der Waals surface area contributed by atoms with Crippen LogP contribution in [0.1, 0.15) is 6.42 Å². The number of hydrogen-bond donors (Lipinski definition) is 0. The van der Waals surface area contributed by atoms with Gasteiger partial charge in [-0.05, 0) is 0 Å². The molecule has 14 heavy (non-hydrogen) atoms. The molecular weight excluding hydrogens is 355 g/mol. The molecule has 86 valence electrons. The van der Waals surface area contributed by atoms with E-state index in [1.54, 1.807) is 0 Å². The van der Waals surface area contributed by atoms with Gasteiger partial charge in [0.1, 0.15) is 0 Å². The zero-order valence-corrected chi connectivity index (χ0v) is 13.1. The minimum absolute atomic E-state index is 0.185. The van der Waals surface area contributed by atoms with E-state index in [0.29, 0.717) is 0 Å². The van der Waals surface area contributed by atoms with Gasteiger partial charge in [0.05, 0.1) is 0 Å². The average Bonchev–Trinajstić information content (AvgIpc) is 2.28. The van der Waals surface area contributed by atoms with Crippen molar-refractivity contribution in [1.29, 1.82) is 0 Å². The summed E-state index contributed by atoms with van der Waals surface area (Å²) in [5.41, 5.74) is 0.873. The van der Waals surface area contributed by atoms with Gasteiger partial charge in [-0.25, -0.2) is 0 Å². The van der Waals surface area contributed by atoms with Crippen molar-refractivity contribution >= 4 is 33.1 Å². The Morgan fingerprint density at radius 2 is 1.79 bits per heavy atom. The van der Waals surface area contributed by atoms with Crippen LogP contribution in [0.4, 0.5) is 0 Å². The Kier molecular flexibility index (Phi) is 1.96. The Bertz CT molecular complexity index is 369. The summed E-state index contributed by atoms with van der Waals surface area (Å²) in [6.45, 7) is 0. The first-order chi connectivity index (χ1) is 5.71. The maximum atomic E-state index is 12.5. The summed E-state index contributed by atoms with van der Waals surface area (Å²) in [7, 11) is 0. The second-order valence-corrected chi connectivity index (χ2v) is 42.6. The van der Waals surface area contributed by atoms with E-state index in [0.717, 1.165) is 12.0 Å². The Hall–Kier alpha value is 0.616. The molecule has 0 spiro atoms. The van der Waals surface area contributed by atoms with Gasteiger partial charge in [-0.15, -0.1) is 0 Å². The normalized spacial score (nSPS) is 24.4. The number of carbonyl (C=O) groups is 1. The van der Waals surface area contributed by atoms with E-state index in [1.807, 2.05) is 41.7 Å². The van der Waals surface area contributed by atoms with Crippen LogP contribution in [0.5, 0.6) is 0 Å². The zero-order chi connectivity index (χ0) is 11.4. The van der Waals surface area contributed by atoms with Crippen molar-refractivity contribution in [2.45, 2.75) is 29.9 Å². The maximum absolute atomic E-state index is 12.5. The zero-order valence-electron chi connectivity index (χ0n) is 8.94. The van der Waals surface area contributed by atoms with Gasteiger partial charge < -0.3 is 0 Å².